The lowest BCUT2D eigenvalue weighted by Crippen LogP contribution is -2.29. The van der Waals surface area contributed by atoms with E-state index in [-0.39, 0.29) is 17.4 Å². The Kier molecular flexibility index (Phi) is 10.8. The second-order valence-electron chi connectivity index (χ2n) is 11.3. The second kappa shape index (κ2) is 14.5. The van der Waals surface area contributed by atoms with Crippen LogP contribution >= 0.6 is 0 Å². The van der Waals surface area contributed by atoms with E-state index in [0.717, 1.165) is 60.9 Å². The minimum atomic E-state index is -0.100. The quantitative estimate of drug-likeness (QED) is 0.164. The molecule has 1 aliphatic heterocycles. The van der Waals surface area contributed by atoms with Gasteiger partial charge in [0.05, 0.1) is 16.6 Å². The number of phenols is 1. The van der Waals surface area contributed by atoms with Gasteiger partial charge in [0.25, 0.3) is 5.91 Å². The van der Waals surface area contributed by atoms with Gasteiger partial charge in [0, 0.05) is 42.7 Å². The third kappa shape index (κ3) is 6.95. The SMILES string of the molecule is CCCCCCCCNC(=O)c1c(C)n(Cc2ccccc2)c2cc(C(=O)CC)c(O)c(CN3CCCCC3)c12. The minimum absolute atomic E-state index is 0.0340. The molecule has 6 heteroatoms. The van der Waals surface area contributed by atoms with Crippen LogP contribution in [0.4, 0.5) is 0 Å². The highest BCUT2D eigenvalue weighted by atomic mass is 16.3. The van der Waals surface area contributed by atoms with E-state index in [0.29, 0.717) is 42.7 Å². The maximum absolute atomic E-state index is 13.8. The van der Waals surface area contributed by atoms with Crippen molar-refractivity contribution in [3.8, 4) is 5.75 Å². The number of carbonyl (C=O) groups excluding carboxylic acids is 2. The van der Waals surface area contributed by atoms with Gasteiger partial charge >= 0.3 is 0 Å². The average Bonchev–Trinajstić information content (AvgIpc) is 3.25. The van der Waals surface area contributed by atoms with E-state index in [2.05, 4.69) is 33.8 Å². The molecule has 40 heavy (non-hydrogen) atoms. The van der Waals surface area contributed by atoms with Crippen molar-refractivity contribution in [1.82, 2.24) is 14.8 Å². The van der Waals surface area contributed by atoms with Crippen LogP contribution in [0, 0.1) is 6.92 Å². The number of nitrogens with one attached hydrogen (secondary N) is 1. The molecule has 1 saturated heterocycles. The van der Waals surface area contributed by atoms with E-state index >= 15 is 0 Å². The Hall–Kier alpha value is -3.12. The largest absolute Gasteiger partial charge is 0.507 e. The molecule has 0 saturated carbocycles. The molecular formula is C34H47N3O3. The van der Waals surface area contributed by atoms with Gasteiger partial charge in [0.15, 0.2) is 5.78 Å². The van der Waals surface area contributed by atoms with Crippen LogP contribution in [0.1, 0.15) is 116 Å². The van der Waals surface area contributed by atoms with Gasteiger partial charge in [-0.1, -0.05) is 82.7 Å². The predicted molar refractivity (Wildman–Crippen MR) is 163 cm³/mol. The van der Waals surface area contributed by atoms with Gasteiger partial charge in [0.2, 0.25) is 0 Å². The van der Waals surface area contributed by atoms with Gasteiger partial charge in [-0.25, -0.2) is 0 Å². The number of phenolic OH excluding ortho intramolecular Hbond substituents is 1. The highest BCUT2D eigenvalue weighted by Crippen LogP contribution is 2.39. The molecule has 1 aliphatic rings. The first-order valence-corrected chi connectivity index (χ1v) is 15.4. The summed E-state index contributed by atoms with van der Waals surface area (Å²) in [7, 11) is 0. The average molecular weight is 546 g/mol. The summed E-state index contributed by atoms with van der Waals surface area (Å²) in [6, 6.07) is 12.0. The van der Waals surface area contributed by atoms with Gasteiger partial charge in [-0.3, -0.25) is 14.5 Å². The lowest BCUT2D eigenvalue weighted by atomic mass is 9.96. The first-order valence-electron chi connectivity index (χ1n) is 15.4. The number of likely N-dealkylation sites (tertiary alicyclic amines) is 1. The normalized spacial score (nSPS) is 14.1. The Balaban J connectivity index is 1.78. The third-order valence-electron chi connectivity index (χ3n) is 8.37. The van der Waals surface area contributed by atoms with Crippen molar-refractivity contribution in [2.24, 2.45) is 0 Å². The minimum Gasteiger partial charge on any atom is -0.507 e. The van der Waals surface area contributed by atoms with Crippen molar-refractivity contribution >= 4 is 22.6 Å². The van der Waals surface area contributed by atoms with Crippen LogP contribution in [-0.4, -0.2) is 45.9 Å². The summed E-state index contributed by atoms with van der Waals surface area (Å²) >= 11 is 0. The number of ketones is 1. The molecule has 1 aromatic heterocycles. The Morgan fingerprint density at radius 3 is 2.33 bits per heavy atom. The molecule has 0 aliphatic carbocycles. The van der Waals surface area contributed by atoms with Crippen LogP contribution in [0.15, 0.2) is 36.4 Å². The first-order chi connectivity index (χ1) is 19.5. The van der Waals surface area contributed by atoms with E-state index in [4.69, 9.17) is 0 Å². The van der Waals surface area contributed by atoms with Crippen molar-refractivity contribution in [2.75, 3.05) is 19.6 Å². The van der Waals surface area contributed by atoms with E-state index in [1.807, 2.05) is 38.1 Å². The van der Waals surface area contributed by atoms with E-state index < -0.39 is 0 Å². The zero-order valence-electron chi connectivity index (χ0n) is 24.7. The number of hydrogen-bond acceptors (Lipinski definition) is 4. The molecular weight excluding hydrogens is 498 g/mol. The van der Waals surface area contributed by atoms with Gasteiger partial charge in [-0.15, -0.1) is 0 Å². The van der Waals surface area contributed by atoms with E-state index in [9.17, 15) is 14.7 Å². The lowest BCUT2D eigenvalue weighted by molar-refractivity contribution is 0.0952. The van der Waals surface area contributed by atoms with Crippen LogP contribution < -0.4 is 5.32 Å². The number of carbonyl (C=O) groups is 2. The molecule has 2 N–H and O–H groups in total. The van der Waals surface area contributed by atoms with Crippen molar-refractivity contribution in [2.45, 2.75) is 98.1 Å². The Bertz CT molecular complexity index is 1290. The fourth-order valence-corrected chi connectivity index (χ4v) is 6.04. The van der Waals surface area contributed by atoms with E-state index in [1.54, 1.807) is 0 Å². The molecule has 2 heterocycles. The van der Waals surface area contributed by atoms with E-state index in [1.165, 1.54) is 32.1 Å². The highest BCUT2D eigenvalue weighted by Gasteiger charge is 2.28. The number of fused-ring (bicyclic) bond motifs is 1. The molecule has 1 amide bonds. The number of Topliss-reactive ketones (excluding diaryl/α,β-unsaturated/α-hetero) is 1. The molecule has 1 fully saturated rings. The van der Waals surface area contributed by atoms with Crippen molar-refractivity contribution in [3.05, 3.63) is 64.3 Å². The zero-order chi connectivity index (χ0) is 28.5. The molecule has 216 valence electrons. The Morgan fingerprint density at radius 2 is 1.62 bits per heavy atom. The maximum atomic E-state index is 13.8. The second-order valence-corrected chi connectivity index (χ2v) is 11.3. The number of piperidine rings is 1. The van der Waals surface area contributed by atoms with Crippen LogP contribution in [-0.2, 0) is 13.1 Å². The number of amides is 1. The predicted octanol–water partition coefficient (Wildman–Crippen LogP) is 7.37. The Labute approximate surface area is 239 Å². The maximum Gasteiger partial charge on any atom is 0.253 e. The molecule has 3 aromatic rings. The summed E-state index contributed by atoms with van der Waals surface area (Å²) < 4.78 is 2.15. The van der Waals surface area contributed by atoms with Gasteiger partial charge < -0.3 is 15.0 Å². The van der Waals surface area contributed by atoms with Crippen LogP contribution in [0.25, 0.3) is 10.9 Å². The number of aromatic hydroxyl groups is 1. The number of unbranched alkanes of at least 4 members (excludes halogenated alkanes) is 5. The molecule has 4 rings (SSSR count). The number of hydrogen-bond donors (Lipinski definition) is 2. The summed E-state index contributed by atoms with van der Waals surface area (Å²) in [4.78, 5) is 29.2. The zero-order valence-corrected chi connectivity index (χ0v) is 24.7. The van der Waals surface area contributed by atoms with Crippen LogP contribution in [0.3, 0.4) is 0 Å². The summed E-state index contributed by atoms with van der Waals surface area (Å²) in [5, 5.41) is 15.5. The molecule has 0 spiro atoms. The standard InChI is InChI=1S/C34H47N3O3/c1-4-6-7-8-9-14-19-35-34(40)31-25(3)37(23-26-17-12-10-13-18-26)29-22-27(30(38)5-2)33(39)28(32(29)31)24-36-20-15-11-16-21-36/h10,12-13,17-18,22,39H,4-9,11,14-16,19-21,23-24H2,1-3H3,(H,35,40). The number of benzene rings is 2. The monoisotopic (exact) mass is 545 g/mol. The molecule has 0 unspecified atom stereocenters. The third-order valence-corrected chi connectivity index (χ3v) is 8.37. The van der Waals surface area contributed by atoms with Gasteiger partial charge in [0.1, 0.15) is 5.75 Å². The first kappa shape index (κ1) is 29.9. The number of aromatic nitrogens is 1. The lowest BCUT2D eigenvalue weighted by Gasteiger charge is -2.27. The van der Waals surface area contributed by atoms with Crippen molar-refractivity contribution in [3.63, 3.8) is 0 Å². The molecule has 0 atom stereocenters. The molecule has 0 radical (unpaired) electrons. The van der Waals surface area contributed by atoms with Crippen LogP contribution in [0.5, 0.6) is 5.75 Å². The van der Waals surface area contributed by atoms with Crippen molar-refractivity contribution < 1.29 is 14.7 Å². The smallest absolute Gasteiger partial charge is 0.253 e. The fraction of sp³-hybridized carbons (Fsp3) is 0.529. The van der Waals surface area contributed by atoms with Crippen LogP contribution in [0.2, 0.25) is 0 Å². The van der Waals surface area contributed by atoms with Gasteiger partial charge in [-0.2, -0.15) is 0 Å². The summed E-state index contributed by atoms with van der Waals surface area (Å²) in [6.45, 7) is 9.69. The molecule has 2 aromatic carbocycles. The topological polar surface area (TPSA) is 74.6 Å². The number of nitrogens with zero attached hydrogens (tertiary/aromatic N) is 2. The summed E-state index contributed by atoms with van der Waals surface area (Å²) in [6.07, 6.45) is 10.8. The summed E-state index contributed by atoms with van der Waals surface area (Å²) in [5.74, 6) is -0.151. The molecule has 0 bridgehead atoms. The summed E-state index contributed by atoms with van der Waals surface area (Å²) in [5.41, 5.74) is 4.50. The molecule has 6 nitrogen and oxygen atoms in total. The Morgan fingerprint density at radius 1 is 0.925 bits per heavy atom. The van der Waals surface area contributed by atoms with Crippen molar-refractivity contribution in [1.29, 1.82) is 0 Å². The van der Waals surface area contributed by atoms with Gasteiger partial charge in [-0.05, 0) is 50.9 Å². The fourth-order valence-electron chi connectivity index (χ4n) is 6.04. The number of rotatable bonds is 14. The highest BCUT2D eigenvalue weighted by molar-refractivity contribution is 6.12.